The molecule has 5 nitrogen and oxygen atoms in total. The first kappa shape index (κ1) is 11.8. The molecule has 0 aromatic carbocycles. The van der Waals surface area contributed by atoms with E-state index in [-0.39, 0.29) is 6.42 Å². The summed E-state index contributed by atoms with van der Waals surface area (Å²) in [5.74, 6) is 0.649. The number of carbonyl (C=O) groups is 1. The second-order valence-electron chi connectivity index (χ2n) is 4.47. The molecule has 2 heterocycles. The highest BCUT2D eigenvalue weighted by Gasteiger charge is 2.21. The minimum atomic E-state index is -0.707. The van der Waals surface area contributed by atoms with Crippen LogP contribution < -0.4 is 4.90 Å². The maximum atomic E-state index is 10.6. The Kier molecular flexibility index (Phi) is 3.90. The van der Waals surface area contributed by atoms with Crippen LogP contribution in [0.1, 0.15) is 25.7 Å². The van der Waals surface area contributed by atoms with Gasteiger partial charge in [0.1, 0.15) is 0 Å². The summed E-state index contributed by atoms with van der Waals surface area (Å²) in [4.78, 5) is 12.8. The Hall–Kier alpha value is -1.65. The standard InChI is InChI=1S/C12H17N3O2/c16-12(17)6-5-10-3-2-8-15(9-10)11-4-1-7-13-14-11/h1,4,7,10H,2-3,5-6,8-9H2,(H,16,17). The molecule has 1 fully saturated rings. The van der Waals surface area contributed by atoms with Crippen LogP contribution in [0.15, 0.2) is 18.3 Å². The summed E-state index contributed by atoms with van der Waals surface area (Å²) in [6.45, 7) is 1.88. The zero-order valence-corrected chi connectivity index (χ0v) is 9.75. The maximum Gasteiger partial charge on any atom is 0.303 e. The van der Waals surface area contributed by atoms with E-state index in [2.05, 4.69) is 15.1 Å². The van der Waals surface area contributed by atoms with Crippen molar-refractivity contribution >= 4 is 11.8 Å². The van der Waals surface area contributed by atoms with Gasteiger partial charge in [-0.3, -0.25) is 4.79 Å². The number of hydrogen-bond acceptors (Lipinski definition) is 4. The lowest BCUT2D eigenvalue weighted by Crippen LogP contribution is -2.36. The average molecular weight is 235 g/mol. The van der Waals surface area contributed by atoms with Crippen molar-refractivity contribution < 1.29 is 9.90 Å². The van der Waals surface area contributed by atoms with E-state index in [4.69, 9.17) is 5.11 Å². The number of hydrogen-bond donors (Lipinski definition) is 1. The highest BCUT2D eigenvalue weighted by molar-refractivity contribution is 5.66. The molecule has 2 rings (SSSR count). The predicted octanol–water partition coefficient (Wildman–Crippen LogP) is 1.56. The zero-order valence-electron chi connectivity index (χ0n) is 9.75. The van der Waals surface area contributed by atoms with Crippen molar-refractivity contribution in [3.8, 4) is 0 Å². The predicted molar refractivity (Wildman–Crippen MR) is 63.8 cm³/mol. The molecule has 0 spiro atoms. The van der Waals surface area contributed by atoms with Crippen LogP contribution in [-0.4, -0.2) is 34.4 Å². The van der Waals surface area contributed by atoms with E-state index in [1.54, 1.807) is 6.20 Å². The van der Waals surface area contributed by atoms with Crippen molar-refractivity contribution in [3.05, 3.63) is 18.3 Å². The quantitative estimate of drug-likeness (QED) is 0.857. The first-order valence-corrected chi connectivity index (χ1v) is 6.00. The van der Waals surface area contributed by atoms with Crippen LogP contribution in [-0.2, 0) is 4.79 Å². The number of carboxylic acids is 1. The van der Waals surface area contributed by atoms with Gasteiger partial charge in [0.05, 0.1) is 0 Å². The molecule has 0 aliphatic carbocycles. The molecule has 92 valence electrons. The van der Waals surface area contributed by atoms with Gasteiger partial charge >= 0.3 is 5.97 Å². The second kappa shape index (κ2) is 5.61. The number of carboxylic acid groups (broad SMARTS) is 1. The molecule has 1 N–H and O–H groups in total. The van der Waals surface area contributed by atoms with Crippen molar-refractivity contribution in [2.45, 2.75) is 25.7 Å². The highest BCUT2D eigenvalue weighted by atomic mass is 16.4. The first-order valence-electron chi connectivity index (χ1n) is 6.00. The summed E-state index contributed by atoms with van der Waals surface area (Å²) in [7, 11) is 0. The number of piperidine rings is 1. The molecular weight excluding hydrogens is 218 g/mol. The number of aliphatic carboxylic acids is 1. The number of nitrogens with zero attached hydrogens (tertiary/aromatic N) is 3. The van der Waals surface area contributed by atoms with Crippen LogP contribution in [0, 0.1) is 5.92 Å². The molecule has 1 unspecified atom stereocenters. The van der Waals surface area contributed by atoms with Crippen LogP contribution >= 0.6 is 0 Å². The molecule has 1 aliphatic rings. The van der Waals surface area contributed by atoms with Crippen LogP contribution in [0.25, 0.3) is 0 Å². The second-order valence-corrected chi connectivity index (χ2v) is 4.47. The van der Waals surface area contributed by atoms with Crippen molar-refractivity contribution in [2.24, 2.45) is 5.92 Å². The Balaban J connectivity index is 1.91. The van der Waals surface area contributed by atoms with Crippen LogP contribution in [0.5, 0.6) is 0 Å². The van der Waals surface area contributed by atoms with Crippen LogP contribution in [0.3, 0.4) is 0 Å². The van der Waals surface area contributed by atoms with E-state index in [0.717, 1.165) is 38.2 Å². The summed E-state index contributed by atoms with van der Waals surface area (Å²) in [5, 5.41) is 16.7. The fourth-order valence-electron chi connectivity index (χ4n) is 2.30. The fourth-order valence-corrected chi connectivity index (χ4v) is 2.30. The Bertz CT molecular complexity index is 369. The minimum Gasteiger partial charge on any atom is -0.481 e. The Morgan fingerprint density at radius 2 is 2.47 bits per heavy atom. The third-order valence-corrected chi connectivity index (χ3v) is 3.17. The van der Waals surface area contributed by atoms with E-state index >= 15 is 0 Å². The Labute approximate surface area is 100 Å². The lowest BCUT2D eigenvalue weighted by Gasteiger charge is -2.33. The molecule has 5 heteroatoms. The number of anilines is 1. The van der Waals surface area contributed by atoms with Crippen molar-refractivity contribution in [3.63, 3.8) is 0 Å². The smallest absolute Gasteiger partial charge is 0.303 e. The molecule has 0 radical (unpaired) electrons. The van der Waals surface area contributed by atoms with Gasteiger partial charge in [-0.25, -0.2) is 0 Å². The molecule has 1 atom stereocenters. The molecule has 0 bridgehead atoms. The number of aromatic nitrogens is 2. The molecular formula is C12H17N3O2. The van der Waals surface area contributed by atoms with Gasteiger partial charge in [-0.1, -0.05) is 0 Å². The van der Waals surface area contributed by atoms with Gasteiger partial charge in [-0.05, 0) is 37.3 Å². The average Bonchev–Trinajstić information content (AvgIpc) is 2.38. The van der Waals surface area contributed by atoms with Crippen molar-refractivity contribution in [1.82, 2.24) is 10.2 Å². The Morgan fingerprint density at radius 1 is 1.59 bits per heavy atom. The summed E-state index contributed by atoms with van der Waals surface area (Å²) in [6.07, 6.45) is 4.89. The third kappa shape index (κ3) is 3.41. The fraction of sp³-hybridized carbons (Fsp3) is 0.583. The summed E-state index contributed by atoms with van der Waals surface area (Å²) in [5.41, 5.74) is 0. The van der Waals surface area contributed by atoms with Crippen LogP contribution in [0.2, 0.25) is 0 Å². The van der Waals surface area contributed by atoms with Gasteiger partial charge in [0.25, 0.3) is 0 Å². The van der Waals surface area contributed by atoms with Gasteiger partial charge in [-0.2, -0.15) is 5.10 Å². The summed E-state index contributed by atoms with van der Waals surface area (Å²) < 4.78 is 0. The molecule has 1 aliphatic heterocycles. The van der Waals surface area contributed by atoms with Crippen LogP contribution in [0.4, 0.5) is 5.82 Å². The molecule has 0 saturated carbocycles. The van der Waals surface area contributed by atoms with Gasteiger partial charge < -0.3 is 10.0 Å². The summed E-state index contributed by atoms with van der Waals surface area (Å²) in [6, 6.07) is 3.83. The highest BCUT2D eigenvalue weighted by Crippen LogP contribution is 2.23. The van der Waals surface area contributed by atoms with Gasteiger partial charge in [0.15, 0.2) is 5.82 Å². The largest absolute Gasteiger partial charge is 0.481 e. The first-order chi connectivity index (χ1) is 8.25. The third-order valence-electron chi connectivity index (χ3n) is 3.17. The van der Waals surface area contributed by atoms with Gasteiger partial charge in [0, 0.05) is 25.7 Å². The summed E-state index contributed by atoms with van der Waals surface area (Å²) >= 11 is 0. The van der Waals surface area contributed by atoms with E-state index < -0.39 is 5.97 Å². The van der Waals surface area contributed by atoms with Crippen molar-refractivity contribution in [2.75, 3.05) is 18.0 Å². The lowest BCUT2D eigenvalue weighted by atomic mass is 9.93. The minimum absolute atomic E-state index is 0.263. The van der Waals surface area contributed by atoms with E-state index in [1.165, 1.54) is 0 Å². The maximum absolute atomic E-state index is 10.6. The molecule has 1 aromatic rings. The SMILES string of the molecule is O=C(O)CCC1CCCN(c2cccnn2)C1. The monoisotopic (exact) mass is 235 g/mol. The van der Waals surface area contributed by atoms with Gasteiger partial charge in [0.2, 0.25) is 0 Å². The van der Waals surface area contributed by atoms with Gasteiger partial charge in [-0.15, -0.1) is 5.10 Å². The van der Waals surface area contributed by atoms with E-state index in [1.807, 2.05) is 12.1 Å². The Morgan fingerprint density at radius 3 is 3.18 bits per heavy atom. The van der Waals surface area contributed by atoms with E-state index in [0.29, 0.717) is 5.92 Å². The van der Waals surface area contributed by atoms with E-state index in [9.17, 15) is 4.79 Å². The molecule has 0 amide bonds. The molecule has 17 heavy (non-hydrogen) atoms. The lowest BCUT2D eigenvalue weighted by molar-refractivity contribution is -0.137. The van der Waals surface area contributed by atoms with Crippen molar-refractivity contribution in [1.29, 1.82) is 0 Å². The molecule has 1 aromatic heterocycles. The zero-order chi connectivity index (χ0) is 12.1. The number of rotatable bonds is 4. The topological polar surface area (TPSA) is 66.3 Å². The molecule has 1 saturated heterocycles. The normalized spacial score (nSPS) is 20.2.